The van der Waals surface area contributed by atoms with Crippen LogP contribution in [0.4, 0.5) is 0 Å². The lowest BCUT2D eigenvalue weighted by Gasteiger charge is -2.30. The van der Waals surface area contributed by atoms with Crippen LogP contribution in [0, 0.1) is 0 Å². The van der Waals surface area contributed by atoms with E-state index < -0.39 is 0 Å². The van der Waals surface area contributed by atoms with Crippen LogP contribution in [0.3, 0.4) is 0 Å². The van der Waals surface area contributed by atoms with E-state index in [1.807, 2.05) is 51.1 Å². The molecule has 1 atom stereocenters. The van der Waals surface area contributed by atoms with Crippen LogP contribution in [0.1, 0.15) is 32.4 Å². The molecule has 0 spiro atoms. The number of nitrogens with one attached hydrogen (secondary N) is 2. The zero-order valence-corrected chi connectivity index (χ0v) is 16.1. The zero-order valence-electron chi connectivity index (χ0n) is 15.3. The van der Waals surface area contributed by atoms with Gasteiger partial charge in [-0.3, -0.25) is 0 Å². The van der Waals surface area contributed by atoms with Crippen molar-refractivity contribution in [1.29, 1.82) is 0 Å². The molecule has 2 aromatic rings. The van der Waals surface area contributed by atoms with Crippen molar-refractivity contribution in [2.45, 2.75) is 32.9 Å². The summed E-state index contributed by atoms with van der Waals surface area (Å²) in [5.41, 5.74) is 2.20. The maximum Gasteiger partial charge on any atom is 0.338 e. The molecule has 3 rings (SSSR count). The Morgan fingerprint density at radius 1 is 1.15 bits per heavy atom. The van der Waals surface area contributed by atoms with E-state index >= 15 is 0 Å². The Morgan fingerprint density at radius 2 is 1.85 bits per heavy atom. The number of allylic oxidation sites excluding steroid dienone is 1. The van der Waals surface area contributed by atoms with Gasteiger partial charge in [0.05, 0.1) is 24.8 Å². The van der Waals surface area contributed by atoms with Gasteiger partial charge < -0.3 is 20.1 Å². The number of esters is 1. The number of hydrogen-bond acceptors (Lipinski definition) is 4. The Hall–Kier alpha value is -2.60. The van der Waals surface area contributed by atoms with Crippen molar-refractivity contribution in [2.24, 2.45) is 0 Å². The first-order valence-electron chi connectivity index (χ1n) is 8.46. The fraction of sp³-hybridized carbons (Fsp3) is 0.300. The van der Waals surface area contributed by atoms with Crippen LogP contribution >= 0.6 is 12.2 Å². The van der Waals surface area contributed by atoms with E-state index in [4.69, 9.17) is 21.7 Å². The lowest BCUT2D eigenvalue weighted by molar-refractivity contribution is -0.143. The molecule has 0 radical (unpaired) electrons. The Bertz CT molecular complexity index is 905. The molecule has 2 N–H and O–H groups in total. The number of carbonyl (C=O) groups is 1. The van der Waals surface area contributed by atoms with E-state index in [-0.39, 0.29) is 18.1 Å². The Labute approximate surface area is 158 Å². The van der Waals surface area contributed by atoms with Crippen LogP contribution in [0.25, 0.3) is 10.8 Å². The molecule has 0 saturated heterocycles. The molecule has 0 unspecified atom stereocenters. The number of methoxy groups -OCH3 is 1. The third-order valence-electron chi connectivity index (χ3n) is 4.24. The first-order valence-corrected chi connectivity index (χ1v) is 8.87. The summed E-state index contributed by atoms with van der Waals surface area (Å²) in [5, 5.41) is 8.82. The topological polar surface area (TPSA) is 59.6 Å². The van der Waals surface area contributed by atoms with Crippen LogP contribution in [-0.4, -0.2) is 24.3 Å². The molecular formula is C20H22N2O3S. The normalized spacial score (nSPS) is 17.1. The summed E-state index contributed by atoms with van der Waals surface area (Å²) in [5.74, 6) is 0.461. The quantitative estimate of drug-likeness (QED) is 0.634. The lowest BCUT2D eigenvalue weighted by Crippen LogP contribution is -2.45. The third kappa shape index (κ3) is 3.65. The first kappa shape index (κ1) is 18.2. The highest BCUT2D eigenvalue weighted by atomic mass is 32.1. The molecule has 2 aromatic carbocycles. The standard InChI is InChI=1S/C20H22N2O3S/c1-11(2)25-19(23)17-12(3)21-20(26)22-18(17)15-6-5-14-10-16(24-4)8-7-13(14)9-15/h5-11,18H,1-4H3,(H2,21,22,26)/t18-/m0/s1. The fourth-order valence-corrected chi connectivity index (χ4v) is 3.31. The molecule has 0 fully saturated rings. The van der Waals surface area contributed by atoms with Crippen LogP contribution in [-0.2, 0) is 9.53 Å². The second-order valence-corrected chi connectivity index (χ2v) is 6.90. The summed E-state index contributed by atoms with van der Waals surface area (Å²) >= 11 is 5.29. The van der Waals surface area contributed by atoms with E-state index in [2.05, 4.69) is 16.7 Å². The van der Waals surface area contributed by atoms with Crippen LogP contribution in [0.5, 0.6) is 5.75 Å². The average Bonchev–Trinajstić information content (AvgIpc) is 2.59. The van der Waals surface area contributed by atoms with E-state index in [1.54, 1.807) is 7.11 Å². The third-order valence-corrected chi connectivity index (χ3v) is 4.46. The monoisotopic (exact) mass is 370 g/mol. The van der Waals surface area contributed by atoms with E-state index in [0.717, 1.165) is 22.1 Å². The van der Waals surface area contributed by atoms with Gasteiger partial charge >= 0.3 is 5.97 Å². The van der Waals surface area contributed by atoms with Crippen LogP contribution in [0.2, 0.25) is 0 Å². The van der Waals surface area contributed by atoms with Crippen molar-refractivity contribution < 1.29 is 14.3 Å². The minimum absolute atomic E-state index is 0.193. The van der Waals surface area contributed by atoms with Crippen LogP contribution < -0.4 is 15.4 Å². The second-order valence-electron chi connectivity index (χ2n) is 6.50. The van der Waals surface area contributed by atoms with Gasteiger partial charge in [-0.25, -0.2) is 4.79 Å². The van der Waals surface area contributed by atoms with Crippen molar-refractivity contribution in [3.05, 3.63) is 53.2 Å². The molecule has 0 saturated carbocycles. The molecule has 136 valence electrons. The zero-order chi connectivity index (χ0) is 18.8. The molecule has 0 amide bonds. The molecule has 6 heteroatoms. The van der Waals surface area contributed by atoms with Gasteiger partial charge in [0.15, 0.2) is 5.11 Å². The Balaban J connectivity index is 2.04. The number of ether oxygens (including phenoxy) is 2. The van der Waals surface area contributed by atoms with Gasteiger partial charge in [-0.1, -0.05) is 18.2 Å². The van der Waals surface area contributed by atoms with Crippen molar-refractivity contribution in [2.75, 3.05) is 7.11 Å². The van der Waals surface area contributed by atoms with Gasteiger partial charge in [0.25, 0.3) is 0 Å². The summed E-state index contributed by atoms with van der Waals surface area (Å²) in [4.78, 5) is 12.6. The number of rotatable bonds is 4. The van der Waals surface area contributed by atoms with Crippen molar-refractivity contribution in [3.63, 3.8) is 0 Å². The predicted molar refractivity (Wildman–Crippen MR) is 106 cm³/mol. The highest BCUT2D eigenvalue weighted by Crippen LogP contribution is 2.31. The Morgan fingerprint density at radius 3 is 2.54 bits per heavy atom. The second kappa shape index (κ2) is 7.33. The van der Waals surface area contributed by atoms with Gasteiger partial charge in [-0.05, 0) is 67.5 Å². The summed E-state index contributed by atoms with van der Waals surface area (Å²) in [7, 11) is 1.65. The van der Waals surface area contributed by atoms with Crippen molar-refractivity contribution in [3.8, 4) is 5.75 Å². The van der Waals surface area contributed by atoms with Gasteiger partial charge in [0.2, 0.25) is 0 Å². The van der Waals surface area contributed by atoms with E-state index in [1.165, 1.54) is 0 Å². The average molecular weight is 370 g/mol. The number of fused-ring (bicyclic) bond motifs is 1. The smallest absolute Gasteiger partial charge is 0.338 e. The maximum atomic E-state index is 12.6. The maximum absolute atomic E-state index is 12.6. The predicted octanol–water partition coefficient (Wildman–Crippen LogP) is 3.59. The largest absolute Gasteiger partial charge is 0.497 e. The van der Waals surface area contributed by atoms with Gasteiger partial charge in [-0.2, -0.15) is 0 Å². The molecule has 26 heavy (non-hydrogen) atoms. The summed E-state index contributed by atoms with van der Waals surface area (Å²) < 4.78 is 10.7. The van der Waals surface area contributed by atoms with Crippen molar-refractivity contribution in [1.82, 2.24) is 10.6 Å². The summed E-state index contributed by atoms with van der Waals surface area (Å²) in [6.45, 7) is 5.50. The van der Waals surface area contributed by atoms with Crippen molar-refractivity contribution >= 4 is 34.1 Å². The summed E-state index contributed by atoms with van der Waals surface area (Å²) in [6, 6.07) is 11.6. The first-order chi connectivity index (χ1) is 12.4. The number of carbonyl (C=O) groups excluding carboxylic acids is 1. The molecule has 0 aromatic heterocycles. The number of hydrogen-bond donors (Lipinski definition) is 2. The minimum Gasteiger partial charge on any atom is -0.497 e. The molecular weight excluding hydrogens is 348 g/mol. The SMILES string of the molecule is COc1ccc2cc([C@@H]3NC(=S)NC(C)=C3C(=O)OC(C)C)ccc2c1. The van der Waals surface area contributed by atoms with Gasteiger partial charge in [0, 0.05) is 5.70 Å². The molecule has 5 nitrogen and oxygen atoms in total. The fourth-order valence-electron chi connectivity index (χ4n) is 3.04. The number of benzene rings is 2. The molecule has 0 bridgehead atoms. The summed E-state index contributed by atoms with van der Waals surface area (Å²) in [6.07, 6.45) is -0.193. The van der Waals surface area contributed by atoms with E-state index in [9.17, 15) is 4.79 Å². The molecule has 1 aliphatic rings. The Kier molecular flexibility index (Phi) is 5.13. The van der Waals surface area contributed by atoms with Gasteiger partial charge in [-0.15, -0.1) is 0 Å². The highest BCUT2D eigenvalue weighted by molar-refractivity contribution is 7.80. The molecule has 0 aliphatic carbocycles. The van der Waals surface area contributed by atoms with E-state index in [0.29, 0.717) is 16.4 Å². The molecule has 1 aliphatic heterocycles. The molecule has 1 heterocycles. The lowest BCUT2D eigenvalue weighted by atomic mass is 9.93. The highest BCUT2D eigenvalue weighted by Gasteiger charge is 2.31. The minimum atomic E-state index is -0.360. The van der Waals surface area contributed by atoms with Crippen LogP contribution in [0.15, 0.2) is 47.7 Å². The van der Waals surface area contributed by atoms with Gasteiger partial charge in [0.1, 0.15) is 5.75 Å². The number of thiocarbonyl (C=S) groups is 1.